The van der Waals surface area contributed by atoms with Gasteiger partial charge >= 0.3 is 0 Å². The van der Waals surface area contributed by atoms with Gasteiger partial charge in [-0.2, -0.15) is 0 Å². The first-order valence-corrected chi connectivity index (χ1v) is 8.81. The van der Waals surface area contributed by atoms with Gasteiger partial charge in [0.2, 0.25) is 0 Å². The number of halogens is 1. The van der Waals surface area contributed by atoms with Crippen molar-refractivity contribution in [1.29, 1.82) is 0 Å². The lowest BCUT2D eigenvalue weighted by Gasteiger charge is -2.31. The highest BCUT2D eigenvalue weighted by atomic mass is 79.9. The van der Waals surface area contributed by atoms with E-state index in [9.17, 15) is 0 Å². The molecule has 1 saturated heterocycles. The van der Waals surface area contributed by atoms with Crippen LogP contribution >= 0.6 is 15.9 Å². The summed E-state index contributed by atoms with van der Waals surface area (Å²) in [5.41, 5.74) is 3.97. The maximum Gasteiger partial charge on any atom is 0.0921 e. The summed E-state index contributed by atoms with van der Waals surface area (Å²) in [5, 5.41) is 4.72. The van der Waals surface area contributed by atoms with Crippen molar-refractivity contribution in [2.24, 2.45) is 0 Å². The average Bonchev–Trinajstić information content (AvgIpc) is 2.92. The van der Waals surface area contributed by atoms with Crippen LogP contribution in [0.5, 0.6) is 0 Å². The van der Waals surface area contributed by atoms with Gasteiger partial charge in [-0.05, 0) is 28.6 Å². The zero-order chi connectivity index (χ0) is 15.4. The summed E-state index contributed by atoms with van der Waals surface area (Å²) in [6, 6.07) is 22.0. The number of rotatable bonds is 1. The third-order valence-electron chi connectivity index (χ3n) is 4.94. The van der Waals surface area contributed by atoms with Gasteiger partial charge in [0, 0.05) is 22.7 Å². The van der Waals surface area contributed by atoms with Gasteiger partial charge in [0.15, 0.2) is 0 Å². The number of hydroxylamine groups is 1. The summed E-state index contributed by atoms with van der Waals surface area (Å²) in [7, 11) is 0. The third-order valence-corrected chi connectivity index (χ3v) is 5.47. The van der Waals surface area contributed by atoms with E-state index in [4.69, 9.17) is 4.84 Å². The second kappa shape index (κ2) is 5.08. The summed E-state index contributed by atoms with van der Waals surface area (Å²) in [4.78, 5) is 6.25. The Bertz CT molecular complexity index is 890. The minimum Gasteiger partial charge on any atom is -0.269 e. The normalized spacial score (nSPS) is 22.4. The second-order valence-electron chi connectivity index (χ2n) is 6.35. The van der Waals surface area contributed by atoms with Crippen LogP contribution in [0, 0.1) is 0 Å². The van der Waals surface area contributed by atoms with Crippen molar-refractivity contribution in [3.05, 3.63) is 76.3 Å². The molecule has 3 aromatic carbocycles. The summed E-state index contributed by atoms with van der Waals surface area (Å²) in [6.07, 6.45) is 2.34. The van der Waals surface area contributed by atoms with Crippen molar-refractivity contribution in [2.75, 3.05) is 5.06 Å². The zero-order valence-corrected chi connectivity index (χ0v) is 14.2. The molecule has 3 aromatic rings. The number of benzene rings is 3. The van der Waals surface area contributed by atoms with Gasteiger partial charge in [0.1, 0.15) is 0 Å². The molecule has 23 heavy (non-hydrogen) atoms. The van der Waals surface area contributed by atoms with Gasteiger partial charge in [-0.3, -0.25) is 4.84 Å². The molecule has 0 aliphatic carbocycles. The van der Waals surface area contributed by atoms with E-state index >= 15 is 0 Å². The molecule has 0 radical (unpaired) electrons. The molecule has 0 N–H and O–H groups in total. The van der Waals surface area contributed by atoms with Crippen LogP contribution in [0.1, 0.15) is 23.6 Å². The molecule has 0 aromatic heterocycles. The SMILES string of the molecule is Brc1ccc([C@@H]2C[C@@H]3Cc4ccc5ccccc5c4N2O3)cc1. The number of nitrogens with zero attached hydrogens (tertiary/aromatic N) is 1. The van der Waals surface area contributed by atoms with Crippen molar-refractivity contribution in [2.45, 2.75) is 25.0 Å². The molecule has 0 unspecified atom stereocenters. The van der Waals surface area contributed by atoms with Crippen LogP contribution in [0.3, 0.4) is 0 Å². The fraction of sp³-hybridized carbons (Fsp3) is 0.200. The van der Waals surface area contributed by atoms with Crippen LogP contribution in [0.2, 0.25) is 0 Å². The quantitative estimate of drug-likeness (QED) is 0.571. The Hall–Kier alpha value is -1.84. The Morgan fingerprint density at radius 3 is 2.65 bits per heavy atom. The fourth-order valence-corrected chi connectivity index (χ4v) is 4.14. The second-order valence-corrected chi connectivity index (χ2v) is 7.27. The smallest absolute Gasteiger partial charge is 0.0921 e. The van der Waals surface area contributed by atoms with Gasteiger partial charge in [0.05, 0.1) is 17.8 Å². The number of fused-ring (bicyclic) bond motifs is 6. The first-order valence-electron chi connectivity index (χ1n) is 8.02. The van der Waals surface area contributed by atoms with Crippen LogP contribution in [0.15, 0.2) is 65.1 Å². The third kappa shape index (κ3) is 2.11. The molecule has 0 spiro atoms. The lowest BCUT2D eigenvalue weighted by molar-refractivity contribution is 0.0741. The highest BCUT2D eigenvalue weighted by molar-refractivity contribution is 9.10. The predicted molar refractivity (Wildman–Crippen MR) is 96.5 cm³/mol. The Labute approximate surface area is 143 Å². The Balaban J connectivity index is 1.68. The van der Waals surface area contributed by atoms with Crippen LogP contribution in [-0.2, 0) is 11.3 Å². The molecule has 2 atom stereocenters. The highest BCUT2D eigenvalue weighted by Crippen LogP contribution is 2.47. The zero-order valence-electron chi connectivity index (χ0n) is 12.6. The minimum absolute atomic E-state index is 0.289. The summed E-state index contributed by atoms with van der Waals surface area (Å²) >= 11 is 3.52. The van der Waals surface area contributed by atoms with E-state index < -0.39 is 0 Å². The van der Waals surface area contributed by atoms with Gasteiger partial charge in [-0.15, -0.1) is 0 Å². The molecule has 1 fully saturated rings. The summed E-state index contributed by atoms with van der Waals surface area (Å²) < 4.78 is 1.11. The van der Waals surface area contributed by atoms with Crippen molar-refractivity contribution >= 4 is 32.4 Å². The molecule has 2 bridgehead atoms. The maximum atomic E-state index is 6.25. The van der Waals surface area contributed by atoms with Crippen LogP contribution in [-0.4, -0.2) is 6.10 Å². The molecular formula is C20H16BrNO. The first kappa shape index (κ1) is 13.6. The Morgan fingerprint density at radius 1 is 0.957 bits per heavy atom. The highest BCUT2D eigenvalue weighted by Gasteiger charge is 2.40. The van der Waals surface area contributed by atoms with Crippen LogP contribution in [0.25, 0.3) is 10.8 Å². The molecule has 114 valence electrons. The van der Waals surface area contributed by atoms with E-state index in [1.807, 2.05) is 0 Å². The monoisotopic (exact) mass is 365 g/mol. The summed E-state index contributed by atoms with van der Waals surface area (Å²) in [6.45, 7) is 0. The average molecular weight is 366 g/mol. The lowest BCUT2D eigenvalue weighted by atomic mass is 9.99. The van der Waals surface area contributed by atoms with E-state index in [2.05, 4.69) is 81.7 Å². The van der Waals surface area contributed by atoms with Crippen molar-refractivity contribution < 1.29 is 4.84 Å². The lowest BCUT2D eigenvalue weighted by Crippen LogP contribution is -2.27. The number of hydrogen-bond donors (Lipinski definition) is 0. The van der Waals surface area contributed by atoms with Crippen LogP contribution < -0.4 is 5.06 Å². The Kier molecular flexibility index (Phi) is 3.00. The molecular weight excluding hydrogens is 350 g/mol. The van der Waals surface area contributed by atoms with E-state index in [-0.39, 0.29) is 6.10 Å². The predicted octanol–water partition coefficient (Wildman–Crippen LogP) is 5.41. The van der Waals surface area contributed by atoms with E-state index in [0.29, 0.717) is 6.04 Å². The van der Waals surface area contributed by atoms with Gasteiger partial charge in [-0.25, -0.2) is 5.06 Å². The van der Waals surface area contributed by atoms with Crippen LogP contribution in [0.4, 0.5) is 5.69 Å². The molecule has 0 amide bonds. The van der Waals surface area contributed by atoms with E-state index in [0.717, 1.165) is 17.3 Å². The van der Waals surface area contributed by atoms with E-state index in [1.54, 1.807) is 0 Å². The van der Waals surface area contributed by atoms with Gasteiger partial charge < -0.3 is 0 Å². The Morgan fingerprint density at radius 2 is 1.78 bits per heavy atom. The number of hydrogen-bond acceptors (Lipinski definition) is 2. The molecule has 2 aliphatic rings. The summed E-state index contributed by atoms with van der Waals surface area (Å²) in [5.74, 6) is 0. The molecule has 3 heteroatoms. The molecule has 5 rings (SSSR count). The minimum atomic E-state index is 0.289. The molecule has 2 aliphatic heterocycles. The first-order chi connectivity index (χ1) is 11.3. The topological polar surface area (TPSA) is 12.5 Å². The largest absolute Gasteiger partial charge is 0.269 e. The molecule has 2 heterocycles. The van der Waals surface area contributed by atoms with Gasteiger partial charge in [0.25, 0.3) is 0 Å². The van der Waals surface area contributed by atoms with Crippen molar-refractivity contribution in [1.82, 2.24) is 0 Å². The maximum absolute atomic E-state index is 6.25. The number of anilines is 1. The fourth-order valence-electron chi connectivity index (χ4n) is 3.88. The standard InChI is InChI=1S/C20H16BrNO/c21-16-9-7-14(8-10-16)19-12-17-11-15-6-5-13-3-1-2-4-18(13)20(15)22(19)23-17/h1-10,17,19H,11-12H2/t17-,19-/m0/s1. The molecule has 2 nitrogen and oxygen atoms in total. The van der Waals surface area contributed by atoms with Crippen molar-refractivity contribution in [3.8, 4) is 0 Å². The molecule has 0 saturated carbocycles. The van der Waals surface area contributed by atoms with Gasteiger partial charge in [-0.1, -0.05) is 64.5 Å². The van der Waals surface area contributed by atoms with E-state index in [1.165, 1.54) is 27.6 Å². The van der Waals surface area contributed by atoms with Crippen molar-refractivity contribution in [3.63, 3.8) is 0 Å².